The lowest BCUT2D eigenvalue weighted by molar-refractivity contribution is 1.01. The Kier molecular flexibility index (Phi) is 8.57. The molecule has 0 amide bonds. The Balaban J connectivity index is 1.05. The number of fused-ring (bicyclic) bond motifs is 6. The molecule has 1 aliphatic heterocycles. The first-order valence-corrected chi connectivity index (χ1v) is 20.8. The van der Waals surface area contributed by atoms with E-state index in [4.69, 9.17) is 9.97 Å². The number of hydrogen-bond donors (Lipinski definition) is 0. The van der Waals surface area contributed by atoms with E-state index < -0.39 is 0 Å². The molecule has 0 bridgehead atoms. The quantitative estimate of drug-likeness (QED) is 0.174. The monoisotopic (exact) mass is 771 g/mol. The van der Waals surface area contributed by atoms with Crippen LogP contribution in [0.15, 0.2) is 207 Å². The lowest BCUT2D eigenvalue weighted by atomic mass is 9.95. The Bertz CT molecular complexity index is 3340. The Hall–Kier alpha value is -7.40. The zero-order valence-corrected chi connectivity index (χ0v) is 33.0. The molecule has 0 fully saturated rings. The van der Waals surface area contributed by atoms with E-state index in [2.05, 4.69) is 200 Å². The maximum Gasteiger partial charge on any atom is 0.231 e. The number of hydrogen-bond acceptors (Lipinski definition) is 4. The van der Waals surface area contributed by atoms with Crippen molar-refractivity contribution in [3.63, 3.8) is 0 Å². The average molecular weight is 772 g/mol. The van der Waals surface area contributed by atoms with Crippen molar-refractivity contribution >= 4 is 76.0 Å². The van der Waals surface area contributed by atoms with Crippen molar-refractivity contribution < 1.29 is 0 Å². The number of para-hydroxylation sites is 1. The van der Waals surface area contributed by atoms with Crippen molar-refractivity contribution in [2.75, 3.05) is 11.4 Å². The third kappa shape index (κ3) is 6.31. The minimum atomic E-state index is 0.535. The molecule has 8 aromatic carbocycles. The van der Waals surface area contributed by atoms with Gasteiger partial charge >= 0.3 is 0 Å². The zero-order valence-electron chi connectivity index (χ0n) is 32.2. The summed E-state index contributed by atoms with van der Waals surface area (Å²) in [6, 6.07) is 65.1. The highest BCUT2D eigenvalue weighted by Gasteiger charge is 2.23. The molecule has 11 rings (SSSR count). The molecule has 0 N–H and O–H groups in total. The predicted octanol–water partition coefficient (Wildman–Crippen LogP) is 15.0. The molecule has 0 aliphatic carbocycles. The van der Waals surface area contributed by atoms with E-state index in [0.717, 1.165) is 66.5 Å². The lowest BCUT2D eigenvalue weighted by Gasteiger charge is -2.28. The van der Waals surface area contributed by atoms with Gasteiger partial charge in [-0.2, -0.15) is 0 Å². The van der Waals surface area contributed by atoms with Gasteiger partial charge < -0.3 is 4.90 Å². The summed E-state index contributed by atoms with van der Waals surface area (Å²) in [6.07, 6.45) is 6.48. The fourth-order valence-corrected chi connectivity index (χ4v) is 9.73. The van der Waals surface area contributed by atoms with Crippen molar-refractivity contribution in [2.45, 2.75) is 0 Å². The Morgan fingerprint density at radius 3 is 2.00 bits per heavy atom. The SMILES string of the molecule is C=C1/C=C\C=C(\c2cccc(-c3cccc(-c4cccc5c4sc4ccccc45)c3)c2)CN(c2nc(-c3ccccc3)c3ccccc3n2)c2cc3ccccc3cc21. The zero-order chi connectivity index (χ0) is 39.3. The molecular formula is C55H37N3S. The number of allylic oxidation sites excluding steroid dienone is 4. The van der Waals surface area contributed by atoms with Gasteiger partial charge in [0.1, 0.15) is 0 Å². The maximum absolute atomic E-state index is 5.41. The van der Waals surface area contributed by atoms with E-state index in [0.29, 0.717) is 12.5 Å². The fourth-order valence-electron chi connectivity index (χ4n) is 8.49. The van der Waals surface area contributed by atoms with Gasteiger partial charge in [-0.15, -0.1) is 11.3 Å². The van der Waals surface area contributed by atoms with Crippen LogP contribution >= 0.6 is 11.3 Å². The largest absolute Gasteiger partial charge is 0.305 e. The first-order chi connectivity index (χ1) is 29.1. The maximum atomic E-state index is 5.41. The number of benzene rings is 8. The van der Waals surface area contributed by atoms with Crippen LogP contribution in [0, 0.1) is 0 Å². The van der Waals surface area contributed by atoms with E-state index >= 15 is 0 Å². The Morgan fingerprint density at radius 2 is 1.15 bits per heavy atom. The third-order valence-corrected chi connectivity index (χ3v) is 12.7. The number of aromatic nitrogens is 2. The van der Waals surface area contributed by atoms with Crippen LogP contribution in [0.2, 0.25) is 0 Å². The highest BCUT2D eigenvalue weighted by atomic mass is 32.1. The van der Waals surface area contributed by atoms with E-state index in [1.807, 2.05) is 23.5 Å². The van der Waals surface area contributed by atoms with Gasteiger partial charge in [0.15, 0.2) is 0 Å². The fraction of sp³-hybridized carbons (Fsp3) is 0.0182. The molecule has 0 spiro atoms. The van der Waals surface area contributed by atoms with Crippen molar-refractivity contribution in [1.29, 1.82) is 0 Å². The molecule has 0 atom stereocenters. The number of nitrogens with zero attached hydrogens (tertiary/aromatic N) is 3. The van der Waals surface area contributed by atoms with Crippen LogP contribution < -0.4 is 4.90 Å². The summed E-state index contributed by atoms with van der Waals surface area (Å²) >= 11 is 1.87. The van der Waals surface area contributed by atoms with Crippen LogP contribution in [0.1, 0.15) is 11.1 Å². The predicted molar refractivity (Wildman–Crippen MR) is 252 cm³/mol. The Labute approximate surface area is 347 Å². The van der Waals surface area contributed by atoms with E-state index in [-0.39, 0.29) is 0 Å². The van der Waals surface area contributed by atoms with Crippen LogP contribution in [0.5, 0.6) is 0 Å². The molecule has 3 nitrogen and oxygen atoms in total. The van der Waals surface area contributed by atoms with E-state index in [1.165, 1.54) is 36.9 Å². The van der Waals surface area contributed by atoms with Crippen molar-refractivity contribution in [2.24, 2.45) is 0 Å². The second-order valence-corrected chi connectivity index (χ2v) is 16.1. The minimum Gasteiger partial charge on any atom is -0.305 e. The lowest BCUT2D eigenvalue weighted by Crippen LogP contribution is -2.23. The average Bonchev–Trinajstić information content (AvgIpc) is 3.71. The molecule has 0 radical (unpaired) electrons. The molecule has 278 valence electrons. The van der Waals surface area contributed by atoms with Gasteiger partial charge in [0.25, 0.3) is 0 Å². The minimum absolute atomic E-state index is 0.535. The molecule has 3 heterocycles. The molecule has 10 aromatic rings. The molecule has 1 aliphatic rings. The molecule has 59 heavy (non-hydrogen) atoms. The summed E-state index contributed by atoms with van der Waals surface area (Å²) in [6.45, 7) is 5.12. The summed E-state index contributed by atoms with van der Waals surface area (Å²) in [5.74, 6) is 0.638. The highest BCUT2D eigenvalue weighted by Crippen LogP contribution is 2.42. The van der Waals surface area contributed by atoms with Crippen LogP contribution in [-0.4, -0.2) is 16.5 Å². The van der Waals surface area contributed by atoms with Gasteiger partial charge in [-0.05, 0) is 86.1 Å². The molecule has 2 aromatic heterocycles. The molecule has 0 saturated carbocycles. The molecule has 0 saturated heterocycles. The van der Waals surface area contributed by atoms with Crippen molar-refractivity contribution in [3.8, 4) is 33.5 Å². The summed E-state index contributed by atoms with van der Waals surface area (Å²) in [5.41, 5.74) is 12.9. The van der Waals surface area contributed by atoms with Crippen molar-refractivity contribution in [1.82, 2.24) is 9.97 Å². The summed E-state index contributed by atoms with van der Waals surface area (Å²) in [4.78, 5) is 13.0. The number of thiophene rings is 1. The molecule has 4 heteroatoms. The van der Waals surface area contributed by atoms with Gasteiger partial charge in [-0.1, -0.05) is 170 Å². The normalized spacial score (nSPS) is 14.5. The highest BCUT2D eigenvalue weighted by molar-refractivity contribution is 7.26. The second kappa shape index (κ2) is 14.5. The summed E-state index contributed by atoms with van der Waals surface area (Å²) < 4.78 is 2.64. The summed E-state index contributed by atoms with van der Waals surface area (Å²) in [7, 11) is 0. The van der Waals surface area contributed by atoms with E-state index in [9.17, 15) is 0 Å². The first-order valence-electron chi connectivity index (χ1n) is 20.0. The third-order valence-electron chi connectivity index (χ3n) is 11.4. The van der Waals surface area contributed by atoms with Crippen LogP contribution in [0.25, 0.3) is 86.5 Å². The van der Waals surface area contributed by atoms with Crippen molar-refractivity contribution in [3.05, 3.63) is 218 Å². The van der Waals surface area contributed by atoms with Crippen LogP contribution in [-0.2, 0) is 0 Å². The van der Waals surface area contributed by atoms with Gasteiger partial charge in [0, 0.05) is 36.7 Å². The first kappa shape index (κ1) is 34.8. The van der Waals surface area contributed by atoms with Gasteiger partial charge in [-0.3, -0.25) is 0 Å². The van der Waals surface area contributed by atoms with Gasteiger partial charge in [-0.25, -0.2) is 9.97 Å². The van der Waals surface area contributed by atoms with Crippen LogP contribution in [0.3, 0.4) is 0 Å². The van der Waals surface area contributed by atoms with Gasteiger partial charge in [0.2, 0.25) is 5.95 Å². The topological polar surface area (TPSA) is 29.0 Å². The smallest absolute Gasteiger partial charge is 0.231 e. The molecular weight excluding hydrogens is 735 g/mol. The standard InChI is InChI=1S/C55H37N3S/c1-36-15-11-24-44(40-22-12-20-38(31-40)39-21-13-23-43(32-39)45-27-14-28-47-46-25-8-10-30-52(46)59-54(45)47)35-58(51-34-42-19-6-5-18-41(42)33-49(36)51)55-56-50-29-9-7-26-48(50)53(57-55)37-16-3-2-4-17-37/h2-34H,1,35H2/b15-11-,44-24+. The van der Waals surface area contributed by atoms with Crippen LogP contribution in [0.4, 0.5) is 11.6 Å². The number of rotatable bonds is 5. The number of anilines is 2. The Morgan fingerprint density at radius 1 is 0.508 bits per heavy atom. The van der Waals surface area contributed by atoms with Gasteiger partial charge in [0.05, 0.1) is 23.4 Å². The second-order valence-electron chi connectivity index (χ2n) is 15.1. The summed E-state index contributed by atoms with van der Waals surface area (Å²) in [5, 5.41) is 5.95. The molecule has 0 unspecified atom stereocenters. The van der Waals surface area contributed by atoms with E-state index in [1.54, 1.807) is 0 Å².